The molecule has 0 radical (unpaired) electrons. The Bertz CT molecular complexity index is 781. The van der Waals surface area contributed by atoms with E-state index in [0.717, 1.165) is 5.56 Å². The van der Waals surface area contributed by atoms with E-state index in [1.807, 2.05) is 36.4 Å². The topological polar surface area (TPSA) is 46.6 Å². The zero-order valence-corrected chi connectivity index (χ0v) is 13.1. The van der Waals surface area contributed by atoms with Gasteiger partial charge in [-0.05, 0) is 17.7 Å². The lowest BCUT2D eigenvalue weighted by Gasteiger charge is -2.32. The van der Waals surface area contributed by atoms with Crippen LogP contribution in [0.25, 0.3) is 0 Å². The van der Waals surface area contributed by atoms with Crippen molar-refractivity contribution >= 4 is 11.9 Å². The SMILES string of the molecule is C=CC1=CN(C(=O)Oc2ccccc2)[C@@H](c2ccccc2)CC1=O. The van der Waals surface area contributed by atoms with Crippen LogP contribution in [0.3, 0.4) is 0 Å². The zero-order valence-electron chi connectivity index (χ0n) is 13.1. The second kappa shape index (κ2) is 6.96. The van der Waals surface area contributed by atoms with E-state index >= 15 is 0 Å². The van der Waals surface area contributed by atoms with E-state index in [1.165, 1.54) is 17.2 Å². The Kier molecular flexibility index (Phi) is 4.57. The highest BCUT2D eigenvalue weighted by atomic mass is 16.6. The fourth-order valence-electron chi connectivity index (χ4n) is 2.65. The molecule has 0 N–H and O–H groups in total. The highest BCUT2D eigenvalue weighted by Gasteiger charge is 2.32. The molecule has 0 aromatic heterocycles. The summed E-state index contributed by atoms with van der Waals surface area (Å²) in [6.45, 7) is 3.64. The molecule has 2 aromatic rings. The first kappa shape index (κ1) is 15.7. The van der Waals surface area contributed by atoms with Crippen LogP contribution in [0.1, 0.15) is 18.0 Å². The minimum Gasteiger partial charge on any atom is -0.410 e. The maximum absolute atomic E-state index is 12.6. The Morgan fingerprint density at radius 2 is 1.71 bits per heavy atom. The van der Waals surface area contributed by atoms with Crippen molar-refractivity contribution in [2.75, 3.05) is 0 Å². The number of para-hydroxylation sites is 1. The van der Waals surface area contributed by atoms with Gasteiger partial charge < -0.3 is 4.74 Å². The number of carbonyl (C=O) groups is 2. The van der Waals surface area contributed by atoms with Crippen molar-refractivity contribution < 1.29 is 14.3 Å². The summed E-state index contributed by atoms with van der Waals surface area (Å²) in [5, 5.41) is 0. The molecule has 0 fully saturated rings. The summed E-state index contributed by atoms with van der Waals surface area (Å²) >= 11 is 0. The smallest absolute Gasteiger partial charge is 0.410 e. The van der Waals surface area contributed by atoms with Crippen LogP contribution < -0.4 is 4.74 Å². The average Bonchev–Trinajstić information content (AvgIpc) is 2.63. The van der Waals surface area contributed by atoms with Crippen LogP contribution in [0.15, 0.2) is 85.1 Å². The quantitative estimate of drug-likeness (QED) is 0.848. The van der Waals surface area contributed by atoms with Gasteiger partial charge in [0.05, 0.1) is 6.04 Å². The minimum absolute atomic E-state index is 0.0392. The van der Waals surface area contributed by atoms with Crippen LogP contribution in [0.5, 0.6) is 5.75 Å². The van der Waals surface area contributed by atoms with E-state index in [-0.39, 0.29) is 12.2 Å². The van der Waals surface area contributed by atoms with Gasteiger partial charge in [0.2, 0.25) is 0 Å². The largest absolute Gasteiger partial charge is 0.419 e. The van der Waals surface area contributed by atoms with Crippen LogP contribution >= 0.6 is 0 Å². The molecule has 0 saturated carbocycles. The van der Waals surface area contributed by atoms with E-state index < -0.39 is 12.1 Å². The first-order valence-electron chi connectivity index (χ1n) is 7.66. The molecule has 4 heteroatoms. The van der Waals surface area contributed by atoms with E-state index in [2.05, 4.69) is 6.58 Å². The van der Waals surface area contributed by atoms with Gasteiger partial charge in [-0.25, -0.2) is 4.79 Å². The number of benzene rings is 2. The second-order valence-electron chi connectivity index (χ2n) is 5.43. The molecule has 0 spiro atoms. The first-order chi connectivity index (χ1) is 11.7. The maximum Gasteiger partial charge on any atom is 0.419 e. The third kappa shape index (κ3) is 3.27. The standard InChI is InChI=1S/C20H17NO3/c1-2-15-14-21(20(23)24-17-11-7-4-8-12-17)18(13-19(15)22)16-9-5-3-6-10-16/h2-12,14,18H,1,13H2/t18-/m1/s1. The molecule has 1 aliphatic rings. The molecule has 4 nitrogen and oxygen atoms in total. The van der Waals surface area contributed by atoms with Gasteiger partial charge in [-0.15, -0.1) is 0 Å². The molecule has 120 valence electrons. The van der Waals surface area contributed by atoms with E-state index in [1.54, 1.807) is 24.3 Å². The van der Waals surface area contributed by atoms with Crippen LogP contribution in [0.4, 0.5) is 4.79 Å². The normalized spacial score (nSPS) is 17.2. The highest BCUT2D eigenvalue weighted by Crippen LogP contribution is 2.32. The molecule has 1 aliphatic heterocycles. The predicted molar refractivity (Wildman–Crippen MR) is 91.4 cm³/mol. The molecule has 24 heavy (non-hydrogen) atoms. The molecule has 1 atom stereocenters. The molecular formula is C20H17NO3. The Morgan fingerprint density at radius 3 is 2.33 bits per heavy atom. The van der Waals surface area contributed by atoms with Gasteiger partial charge in [-0.2, -0.15) is 0 Å². The highest BCUT2D eigenvalue weighted by molar-refractivity contribution is 6.00. The summed E-state index contributed by atoms with van der Waals surface area (Å²) < 4.78 is 5.43. The molecule has 1 amide bonds. The van der Waals surface area contributed by atoms with E-state index in [0.29, 0.717) is 11.3 Å². The summed E-state index contributed by atoms with van der Waals surface area (Å²) in [6, 6.07) is 17.9. The summed E-state index contributed by atoms with van der Waals surface area (Å²) in [5.41, 5.74) is 1.29. The van der Waals surface area contributed by atoms with Gasteiger partial charge in [-0.3, -0.25) is 9.69 Å². The molecular weight excluding hydrogens is 302 g/mol. The molecule has 0 unspecified atom stereocenters. The van der Waals surface area contributed by atoms with Crippen molar-refractivity contribution in [3.05, 3.63) is 90.7 Å². The van der Waals surface area contributed by atoms with Crippen molar-refractivity contribution in [1.29, 1.82) is 0 Å². The number of Topliss-reactive ketones (excluding diaryl/α,β-unsaturated/α-hetero) is 1. The fourth-order valence-corrected chi connectivity index (χ4v) is 2.65. The molecule has 3 rings (SSSR count). The monoisotopic (exact) mass is 319 g/mol. The van der Waals surface area contributed by atoms with Crippen LogP contribution in [-0.2, 0) is 4.79 Å². The van der Waals surface area contributed by atoms with Gasteiger partial charge in [-0.1, -0.05) is 61.2 Å². The number of carbonyl (C=O) groups excluding carboxylic acids is 2. The number of hydrogen-bond acceptors (Lipinski definition) is 3. The minimum atomic E-state index is -0.526. The summed E-state index contributed by atoms with van der Waals surface area (Å²) in [6.07, 6.45) is 2.65. The van der Waals surface area contributed by atoms with E-state index in [4.69, 9.17) is 4.74 Å². The fraction of sp³-hybridized carbons (Fsp3) is 0.100. The molecule has 2 aromatic carbocycles. The summed E-state index contributed by atoms with van der Waals surface area (Å²) in [7, 11) is 0. The van der Waals surface area contributed by atoms with Gasteiger partial charge in [0.1, 0.15) is 5.75 Å². The predicted octanol–water partition coefficient (Wildman–Crippen LogP) is 4.27. The van der Waals surface area contributed by atoms with Crippen molar-refractivity contribution in [3.8, 4) is 5.75 Å². The molecule has 1 heterocycles. The van der Waals surface area contributed by atoms with Gasteiger partial charge >= 0.3 is 6.09 Å². The Labute approximate surface area is 140 Å². The first-order valence-corrected chi connectivity index (χ1v) is 7.66. The Hall–Kier alpha value is -3.14. The van der Waals surface area contributed by atoms with Gasteiger partial charge in [0.15, 0.2) is 5.78 Å². The maximum atomic E-state index is 12.6. The van der Waals surface area contributed by atoms with Crippen LogP contribution in [-0.4, -0.2) is 16.8 Å². The third-order valence-corrected chi connectivity index (χ3v) is 3.88. The van der Waals surface area contributed by atoms with Crippen LogP contribution in [0.2, 0.25) is 0 Å². The lowest BCUT2D eigenvalue weighted by atomic mass is 9.94. The van der Waals surface area contributed by atoms with Crippen molar-refractivity contribution in [1.82, 2.24) is 4.90 Å². The number of rotatable bonds is 3. The third-order valence-electron chi connectivity index (χ3n) is 3.88. The number of allylic oxidation sites excluding steroid dienone is 2. The number of ketones is 1. The second-order valence-corrected chi connectivity index (χ2v) is 5.43. The number of amides is 1. The van der Waals surface area contributed by atoms with Crippen molar-refractivity contribution in [3.63, 3.8) is 0 Å². The summed E-state index contributed by atoms with van der Waals surface area (Å²) in [4.78, 5) is 26.3. The van der Waals surface area contributed by atoms with E-state index in [9.17, 15) is 9.59 Å². The number of nitrogens with zero attached hydrogens (tertiary/aromatic N) is 1. The summed E-state index contributed by atoms with van der Waals surface area (Å²) in [5.74, 6) is 0.419. The van der Waals surface area contributed by atoms with Crippen LogP contribution in [0, 0.1) is 0 Å². The Morgan fingerprint density at radius 1 is 1.08 bits per heavy atom. The van der Waals surface area contributed by atoms with Gasteiger partial charge in [0, 0.05) is 18.2 Å². The molecule has 0 aliphatic carbocycles. The molecule has 0 bridgehead atoms. The lowest BCUT2D eigenvalue weighted by molar-refractivity contribution is -0.116. The Balaban J connectivity index is 1.93. The zero-order chi connectivity index (χ0) is 16.9. The van der Waals surface area contributed by atoms with Crippen molar-refractivity contribution in [2.24, 2.45) is 0 Å². The van der Waals surface area contributed by atoms with Crippen molar-refractivity contribution in [2.45, 2.75) is 12.5 Å². The number of hydrogen-bond donors (Lipinski definition) is 0. The lowest BCUT2D eigenvalue weighted by Crippen LogP contribution is -2.37. The number of ether oxygens (including phenoxy) is 1. The van der Waals surface area contributed by atoms with Gasteiger partial charge in [0.25, 0.3) is 0 Å². The molecule has 0 saturated heterocycles. The average molecular weight is 319 g/mol.